The first-order valence-corrected chi connectivity index (χ1v) is 8.57. The number of amides is 1. The molecular weight excluding hydrogens is 385 g/mol. The summed E-state index contributed by atoms with van der Waals surface area (Å²) in [4.78, 5) is 13.9. The number of carbonyl (C=O) groups is 1. The lowest BCUT2D eigenvalue weighted by atomic mass is 10.0. The molecule has 0 bridgehead atoms. The van der Waals surface area contributed by atoms with Crippen molar-refractivity contribution < 1.29 is 26.7 Å². The van der Waals surface area contributed by atoms with Gasteiger partial charge in [-0.2, -0.15) is 13.2 Å². The highest BCUT2D eigenvalue weighted by molar-refractivity contribution is 5.77. The Morgan fingerprint density at radius 1 is 1.25 bits per heavy atom. The molecule has 2 heterocycles. The Kier molecular flexibility index (Phi) is 5.64. The molecular formula is C17H18F5N5O. The Balaban J connectivity index is 1.66. The van der Waals surface area contributed by atoms with E-state index >= 15 is 0 Å². The van der Waals surface area contributed by atoms with Crippen LogP contribution in [0.5, 0.6) is 0 Å². The molecule has 2 aromatic rings. The van der Waals surface area contributed by atoms with Gasteiger partial charge in [0.2, 0.25) is 11.7 Å². The number of rotatable bonds is 5. The van der Waals surface area contributed by atoms with Crippen LogP contribution in [0.1, 0.15) is 23.6 Å². The average molecular weight is 403 g/mol. The molecule has 11 heteroatoms. The maximum atomic E-state index is 13.8. The van der Waals surface area contributed by atoms with Gasteiger partial charge >= 0.3 is 6.18 Å². The number of aromatic nitrogens is 3. The van der Waals surface area contributed by atoms with Crippen molar-refractivity contribution in [3.8, 4) is 0 Å². The van der Waals surface area contributed by atoms with Crippen molar-refractivity contribution in [2.45, 2.75) is 38.1 Å². The molecule has 0 unspecified atom stereocenters. The van der Waals surface area contributed by atoms with E-state index < -0.39 is 29.7 Å². The van der Waals surface area contributed by atoms with Crippen molar-refractivity contribution in [2.24, 2.45) is 0 Å². The molecule has 1 aromatic heterocycles. The molecule has 6 nitrogen and oxygen atoms in total. The minimum Gasteiger partial charge on any atom is -0.333 e. The lowest BCUT2D eigenvalue weighted by Crippen LogP contribution is -2.42. The van der Waals surface area contributed by atoms with Crippen molar-refractivity contribution in [2.75, 3.05) is 13.6 Å². The van der Waals surface area contributed by atoms with E-state index in [2.05, 4.69) is 15.5 Å². The Bertz CT molecular complexity index is 866. The van der Waals surface area contributed by atoms with Crippen LogP contribution >= 0.6 is 0 Å². The van der Waals surface area contributed by atoms with Gasteiger partial charge in [0, 0.05) is 25.6 Å². The number of hydrogen-bond donors (Lipinski definition) is 1. The first-order valence-electron chi connectivity index (χ1n) is 8.57. The summed E-state index contributed by atoms with van der Waals surface area (Å²) in [7, 11) is 1.59. The summed E-state index contributed by atoms with van der Waals surface area (Å²) in [6.45, 7) is -0.0734. The Morgan fingerprint density at radius 3 is 2.68 bits per heavy atom. The first kappa shape index (κ1) is 20.2. The highest BCUT2D eigenvalue weighted by atomic mass is 19.4. The number of nitrogens with one attached hydrogen (secondary N) is 1. The number of halogens is 5. The highest BCUT2D eigenvalue weighted by Crippen LogP contribution is 2.29. The van der Waals surface area contributed by atoms with Crippen LogP contribution in [0, 0.1) is 11.6 Å². The van der Waals surface area contributed by atoms with Crippen molar-refractivity contribution >= 4 is 5.91 Å². The summed E-state index contributed by atoms with van der Waals surface area (Å²) in [5.74, 6) is -2.49. The van der Waals surface area contributed by atoms with Crippen LogP contribution in [0.15, 0.2) is 18.2 Å². The van der Waals surface area contributed by atoms with Gasteiger partial charge in [0.05, 0.1) is 6.54 Å². The normalized spacial score (nSPS) is 15.4. The number of benzene rings is 1. The standard InChI is InChI=1S/C17H18F5N5O/c1-23-12(7-10-6-11(18)2-3-13(10)19)8-15(28)26-4-5-27-14(9-26)24-25-16(27)17(20,21)22/h2-3,6,12,23H,4-5,7-9H2,1H3/t12-/m1/s1. The van der Waals surface area contributed by atoms with E-state index in [-0.39, 0.29) is 49.8 Å². The number of hydrogen-bond acceptors (Lipinski definition) is 4. The lowest BCUT2D eigenvalue weighted by Gasteiger charge is -2.29. The van der Waals surface area contributed by atoms with Gasteiger partial charge in [-0.05, 0) is 37.2 Å². The van der Waals surface area contributed by atoms with Crippen molar-refractivity contribution in [3.05, 3.63) is 47.0 Å². The molecule has 152 valence electrons. The Morgan fingerprint density at radius 2 is 2.00 bits per heavy atom. The molecule has 1 atom stereocenters. The third-order valence-corrected chi connectivity index (χ3v) is 4.66. The monoisotopic (exact) mass is 403 g/mol. The second-order valence-electron chi connectivity index (χ2n) is 6.53. The molecule has 28 heavy (non-hydrogen) atoms. The molecule has 1 N–H and O–H groups in total. The molecule has 0 aliphatic carbocycles. The molecule has 1 amide bonds. The van der Waals surface area contributed by atoms with E-state index in [4.69, 9.17) is 0 Å². The lowest BCUT2D eigenvalue weighted by molar-refractivity contribution is -0.148. The molecule has 3 rings (SSSR count). The maximum absolute atomic E-state index is 13.8. The summed E-state index contributed by atoms with van der Waals surface area (Å²) in [5, 5.41) is 9.60. The fourth-order valence-corrected chi connectivity index (χ4v) is 3.16. The van der Waals surface area contributed by atoms with Crippen LogP contribution in [0.4, 0.5) is 22.0 Å². The zero-order chi connectivity index (χ0) is 20.5. The van der Waals surface area contributed by atoms with Crippen LogP contribution < -0.4 is 5.32 Å². The quantitative estimate of drug-likeness (QED) is 0.778. The molecule has 1 aromatic carbocycles. The fraction of sp³-hybridized carbons (Fsp3) is 0.471. The molecule has 1 aliphatic rings. The summed E-state index contributed by atoms with van der Waals surface area (Å²) in [6.07, 6.45) is -4.54. The first-order chi connectivity index (χ1) is 13.2. The fourth-order valence-electron chi connectivity index (χ4n) is 3.16. The predicted octanol–water partition coefficient (Wildman–Crippen LogP) is 2.14. The van der Waals surface area contributed by atoms with Crippen LogP contribution in [-0.4, -0.2) is 45.2 Å². The van der Waals surface area contributed by atoms with Gasteiger partial charge in [-0.15, -0.1) is 10.2 Å². The van der Waals surface area contributed by atoms with Crippen LogP contribution in [0.3, 0.4) is 0 Å². The second kappa shape index (κ2) is 7.82. The largest absolute Gasteiger partial charge is 0.451 e. The van der Waals surface area contributed by atoms with E-state index in [1.165, 1.54) is 4.90 Å². The molecule has 0 saturated heterocycles. The summed E-state index contributed by atoms with van der Waals surface area (Å²) in [6, 6.07) is 2.65. The van der Waals surface area contributed by atoms with Gasteiger partial charge in [0.25, 0.3) is 0 Å². The Labute approximate surface area is 157 Å². The van der Waals surface area contributed by atoms with E-state index in [1.54, 1.807) is 7.05 Å². The number of carbonyl (C=O) groups excluding carboxylic acids is 1. The van der Waals surface area contributed by atoms with Gasteiger partial charge < -0.3 is 14.8 Å². The summed E-state index contributed by atoms with van der Waals surface area (Å²) in [5.41, 5.74) is 0.139. The van der Waals surface area contributed by atoms with Crippen LogP contribution in [0.25, 0.3) is 0 Å². The van der Waals surface area contributed by atoms with Gasteiger partial charge in [0.1, 0.15) is 11.6 Å². The van der Waals surface area contributed by atoms with E-state index in [0.29, 0.717) is 0 Å². The number of nitrogens with zero attached hydrogens (tertiary/aromatic N) is 4. The van der Waals surface area contributed by atoms with Crippen LogP contribution in [0.2, 0.25) is 0 Å². The molecule has 0 fully saturated rings. The maximum Gasteiger partial charge on any atom is 0.451 e. The number of likely N-dealkylation sites (N-methyl/N-ethyl adjacent to an activating group) is 1. The van der Waals surface area contributed by atoms with Crippen molar-refractivity contribution in [3.63, 3.8) is 0 Å². The van der Waals surface area contributed by atoms with Crippen LogP contribution in [-0.2, 0) is 30.5 Å². The predicted molar refractivity (Wildman–Crippen MR) is 88.0 cm³/mol. The third-order valence-electron chi connectivity index (χ3n) is 4.66. The molecule has 0 spiro atoms. The minimum absolute atomic E-state index is 0.0211. The molecule has 1 aliphatic heterocycles. The summed E-state index contributed by atoms with van der Waals surface area (Å²) >= 11 is 0. The van der Waals surface area contributed by atoms with Gasteiger partial charge in [-0.25, -0.2) is 8.78 Å². The number of fused-ring (bicyclic) bond motifs is 1. The molecule has 0 saturated carbocycles. The zero-order valence-electron chi connectivity index (χ0n) is 14.9. The second-order valence-corrected chi connectivity index (χ2v) is 6.53. The van der Waals surface area contributed by atoms with Gasteiger partial charge in [-0.1, -0.05) is 0 Å². The molecule has 0 radical (unpaired) electrons. The van der Waals surface area contributed by atoms with E-state index in [9.17, 15) is 26.7 Å². The van der Waals surface area contributed by atoms with E-state index in [1.807, 2.05) is 0 Å². The average Bonchev–Trinajstić information content (AvgIpc) is 3.07. The Hall–Kier alpha value is -2.56. The van der Waals surface area contributed by atoms with Crippen molar-refractivity contribution in [1.82, 2.24) is 25.0 Å². The SMILES string of the molecule is CN[C@@H](CC(=O)N1CCn2c(nnc2C(F)(F)F)C1)Cc1cc(F)ccc1F. The van der Waals surface area contributed by atoms with Crippen molar-refractivity contribution in [1.29, 1.82) is 0 Å². The van der Waals surface area contributed by atoms with Gasteiger partial charge in [-0.3, -0.25) is 4.79 Å². The van der Waals surface area contributed by atoms with Gasteiger partial charge in [0.15, 0.2) is 5.82 Å². The number of alkyl halides is 3. The van der Waals surface area contributed by atoms with E-state index in [0.717, 1.165) is 22.8 Å². The minimum atomic E-state index is -4.61. The smallest absolute Gasteiger partial charge is 0.333 e. The third kappa shape index (κ3) is 4.29. The highest BCUT2D eigenvalue weighted by Gasteiger charge is 2.40. The zero-order valence-corrected chi connectivity index (χ0v) is 14.9. The summed E-state index contributed by atoms with van der Waals surface area (Å²) < 4.78 is 66.8. The topological polar surface area (TPSA) is 63.1 Å².